The maximum Gasteiger partial charge on any atom is 0.128 e. The van der Waals surface area contributed by atoms with Gasteiger partial charge < -0.3 is 14.6 Å². The molecular weight excluding hydrogens is 226 g/mol. The molecule has 0 spiro atoms. The summed E-state index contributed by atoms with van der Waals surface area (Å²) in [5.74, 6) is 1.46. The molecule has 0 saturated heterocycles. The maximum absolute atomic E-state index is 5.92. The van der Waals surface area contributed by atoms with Crippen LogP contribution in [-0.4, -0.2) is 29.3 Å². The van der Waals surface area contributed by atoms with E-state index in [2.05, 4.69) is 24.1 Å². The van der Waals surface area contributed by atoms with Crippen LogP contribution >= 0.6 is 11.6 Å². The van der Waals surface area contributed by atoms with E-state index in [1.54, 1.807) is 13.3 Å². The first-order chi connectivity index (χ1) is 7.56. The number of halogens is 1. The molecule has 4 nitrogen and oxygen atoms in total. The molecule has 0 aromatic carbocycles. The van der Waals surface area contributed by atoms with Gasteiger partial charge in [0.1, 0.15) is 11.0 Å². The first kappa shape index (κ1) is 13.5. The first-order valence-corrected chi connectivity index (χ1v) is 5.82. The van der Waals surface area contributed by atoms with Crippen molar-refractivity contribution in [2.24, 2.45) is 13.0 Å². The Balaban J connectivity index is 2.52. The van der Waals surface area contributed by atoms with E-state index in [1.807, 2.05) is 11.6 Å². The van der Waals surface area contributed by atoms with Crippen molar-refractivity contribution in [3.63, 3.8) is 0 Å². The molecular formula is C11H20ClN3O. The summed E-state index contributed by atoms with van der Waals surface area (Å²) in [5, 5.41) is 4.08. The minimum absolute atomic E-state index is 0.334. The fraction of sp³-hybridized carbons (Fsp3) is 0.727. The maximum atomic E-state index is 5.92. The molecule has 5 heteroatoms. The summed E-state index contributed by atoms with van der Waals surface area (Å²) in [6.45, 7) is 5.75. The molecule has 0 fully saturated rings. The lowest BCUT2D eigenvalue weighted by Gasteiger charge is -2.21. The first-order valence-electron chi connectivity index (χ1n) is 5.44. The third kappa shape index (κ3) is 3.47. The van der Waals surface area contributed by atoms with Gasteiger partial charge in [0.15, 0.2) is 0 Å². The Hall–Kier alpha value is -0.580. The molecule has 0 aliphatic carbocycles. The summed E-state index contributed by atoms with van der Waals surface area (Å²) in [5.41, 5.74) is 0. The second-order valence-corrected chi connectivity index (χ2v) is 4.63. The summed E-state index contributed by atoms with van der Waals surface area (Å²) in [4.78, 5) is 4.23. The summed E-state index contributed by atoms with van der Waals surface area (Å²) >= 11 is 5.92. The average Bonchev–Trinajstić information content (AvgIpc) is 2.55. The molecule has 0 aliphatic rings. The van der Waals surface area contributed by atoms with Crippen LogP contribution in [-0.2, 0) is 18.3 Å². The topological polar surface area (TPSA) is 39.1 Å². The van der Waals surface area contributed by atoms with Crippen molar-refractivity contribution in [3.05, 3.63) is 17.2 Å². The molecule has 1 rings (SSSR count). The molecule has 0 radical (unpaired) electrons. The van der Waals surface area contributed by atoms with E-state index in [-0.39, 0.29) is 0 Å². The van der Waals surface area contributed by atoms with Gasteiger partial charge >= 0.3 is 0 Å². The smallest absolute Gasteiger partial charge is 0.128 e. The summed E-state index contributed by atoms with van der Waals surface area (Å²) < 4.78 is 7.05. The van der Waals surface area contributed by atoms with Crippen molar-refractivity contribution in [2.45, 2.75) is 26.4 Å². The molecule has 0 amide bonds. The van der Waals surface area contributed by atoms with Crippen LogP contribution in [0.3, 0.4) is 0 Å². The Morgan fingerprint density at radius 1 is 1.56 bits per heavy atom. The molecule has 0 saturated carbocycles. The lowest BCUT2D eigenvalue weighted by molar-refractivity contribution is 0.146. The van der Waals surface area contributed by atoms with Crippen LogP contribution in [0.1, 0.15) is 19.7 Å². The normalized spacial score (nSPS) is 13.4. The lowest BCUT2D eigenvalue weighted by atomic mass is 10.1. The molecule has 0 aliphatic heterocycles. The van der Waals surface area contributed by atoms with E-state index in [0.717, 1.165) is 5.82 Å². The third-order valence-electron chi connectivity index (χ3n) is 2.70. The zero-order chi connectivity index (χ0) is 12.1. The van der Waals surface area contributed by atoms with Crippen LogP contribution in [0.4, 0.5) is 0 Å². The molecule has 1 atom stereocenters. The highest BCUT2D eigenvalue weighted by Crippen LogP contribution is 2.09. The summed E-state index contributed by atoms with van der Waals surface area (Å²) in [6.07, 6.45) is 1.67. The van der Waals surface area contributed by atoms with Gasteiger partial charge in [-0.05, 0) is 5.92 Å². The summed E-state index contributed by atoms with van der Waals surface area (Å²) in [6, 6.07) is 0.334. The number of nitrogens with one attached hydrogen (secondary N) is 1. The van der Waals surface area contributed by atoms with Gasteiger partial charge in [0.2, 0.25) is 0 Å². The van der Waals surface area contributed by atoms with Gasteiger partial charge in [0.05, 0.1) is 19.3 Å². The van der Waals surface area contributed by atoms with Crippen molar-refractivity contribution >= 4 is 11.6 Å². The SMILES string of the molecule is COCC(NCc1ncc(Cl)n1C)C(C)C. The minimum atomic E-state index is 0.334. The van der Waals surface area contributed by atoms with E-state index in [1.165, 1.54) is 0 Å². The summed E-state index contributed by atoms with van der Waals surface area (Å²) in [7, 11) is 3.63. The molecule has 0 bridgehead atoms. The van der Waals surface area contributed by atoms with Crippen molar-refractivity contribution in [1.29, 1.82) is 0 Å². The predicted molar refractivity (Wildman–Crippen MR) is 65.6 cm³/mol. The Morgan fingerprint density at radius 3 is 2.69 bits per heavy atom. The average molecular weight is 246 g/mol. The van der Waals surface area contributed by atoms with Crippen LogP contribution in [0.2, 0.25) is 5.15 Å². The van der Waals surface area contributed by atoms with Crippen molar-refractivity contribution < 1.29 is 4.74 Å². The highest BCUT2D eigenvalue weighted by molar-refractivity contribution is 6.29. The highest BCUT2D eigenvalue weighted by atomic mass is 35.5. The van der Waals surface area contributed by atoms with E-state index >= 15 is 0 Å². The second kappa shape index (κ2) is 6.23. The molecule has 92 valence electrons. The number of imidazole rings is 1. The van der Waals surface area contributed by atoms with Crippen LogP contribution in [0.25, 0.3) is 0 Å². The van der Waals surface area contributed by atoms with Gasteiger partial charge in [-0.25, -0.2) is 4.98 Å². The molecule has 1 heterocycles. The van der Waals surface area contributed by atoms with Gasteiger partial charge in [0.25, 0.3) is 0 Å². The van der Waals surface area contributed by atoms with E-state index in [0.29, 0.717) is 30.3 Å². The molecule has 1 aromatic rings. The monoisotopic (exact) mass is 245 g/mol. The number of rotatable bonds is 6. The van der Waals surface area contributed by atoms with E-state index in [4.69, 9.17) is 16.3 Å². The predicted octanol–water partition coefficient (Wildman–Crippen LogP) is 1.83. The van der Waals surface area contributed by atoms with Gasteiger partial charge in [0, 0.05) is 20.2 Å². The molecule has 1 unspecified atom stereocenters. The highest BCUT2D eigenvalue weighted by Gasteiger charge is 2.13. The van der Waals surface area contributed by atoms with Crippen LogP contribution < -0.4 is 5.32 Å². The zero-order valence-electron chi connectivity index (χ0n) is 10.3. The Kier molecular flexibility index (Phi) is 5.25. The fourth-order valence-corrected chi connectivity index (χ4v) is 1.62. The lowest BCUT2D eigenvalue weighted by Crippen LogP contribution is -2.37. The van der Waals surface area contributed by atoms with Crippen LogP contribution in [0.15, 0.2) is 6.20 Å². The van der Waals surface area contributed by atoms with Crippen molar-refractivity contribution in [1.82, 2.24) is 14.9 Å². The Morgan fingerprint density at radius 2 is 2.25 bits per heavy atom. The van der Waals surface area contributed by atoms with Gasteiger partial charge in [-0.3, -0.25) is 0 Å². The van der Waals surface area contributed by atoms with Gasteiger partial charge in [-0.15, -0.1) is 0 Å². The van der Waals surface area contributed by atoms with Crippen LogP contribution in [0, 0.1) is 5.92 Å². The number of ether oxygens (including phenoxy) is 1. The molecule has 16 heavy (non-hydrogen) atoms. The Labute approximate surface area is 102 Å². The molecule has 1 N–H and O–H groups in total. The van der Waals surface area contributed by atoms with E-state index < -0.39 is 0 Å². The standard InChI is InChI=1S/C11H20ClN3O/c1-8(2)9(7-16-4)13-6-11-14-5-10(12)15(11)3/h5,8-9,13H,6-7H2,1-4H3. The number of methoxy groups -OCH3 is 1. The van der Waals surface area contributed by atoms with Crippen molar-refractivity contribution in [2.75, 3.05) is 13.7 Å². The zero-order valence-corrected chi connectivity index (χ0v) is 11.1. The van der Waals surface area contributed by atoms with E-state index in [9.17, 15) is 0 Å². The number of aromatic nitrogens is 2. The minimum Gasteiger partial charge on any atom is -0.383 e. The van der Waals surface area contributed by atoms with Crippen LogP contribution in [0.5, 0.6) is 0 Å². The second-order valence-electron chi connectivity index (χ2n) is 4.24. The Bertz CT molecular complexity index is 325. The largest absolute Gasteiger partial charge is 0.383 e. The van der Waals surface area contributed by atoms with Gasteiger partial charge in [-0.2, -0.15) is 0 Å². The number of hydrogen-bond acceptors (Lipinski definition) is 3. The number of hydrogen-bond donors (Lipinski definition) is 1. The van der Waals surface area contributed by atoms with Gasteiger partial charge in [-0.1, -0.05) is 25.4 Å². The number of nitrogens with zero attached hydrogens (tertiary/aromatic N) is 2. The third-order valence-corrected chi connectivity index (χ3v) is 3.05. The molecule has 1 aromatic heterocycles. The fourth-order valence-electron chi connectivity index (χ4n) is 1.48. The van der Waals surface area contributed by atoms with Crippen molar-refractivity contribution in [3.8, 4) is 0 Å². The quantitative estimate of drug-likeness (QED) is 0.831.